The summed E-state index contributed by atoms with van der Waals surface area (Å²) in [5, 5.41) is 14.9. The molecule has 2 aliphatic carbocycles. The van der Waals surface area contributed by atoms with Crippen molar-refractivity contribution >= 4 is 43.2 Å². The molecule has 1 spiro atoms. The zero-order valence-electron chi connectivity index (χ0n) is 26.0. The molecule has 1 N–H and O–H groups in total. The van der Waals surface area contributed by atoms with E-state index in [9.17, 15) is 18.7 Å². The number of halogens is 5. The van der Waals surface area contributed by atoms with Gasteiger partial charge in [-0.3, -0.25) is 14.4 Å². The van der Waals surface area contributed by atoms with Crippen molar-refractivity contribution in [2.75, 3.05) is 26.7 Å². The Kier molecular flexibility index (Phi) is 13.4. The normalized spacial score (nSPS) is 23.5. The van der Waals surface area contributed by atoms with E-state index in [1.54, 1.807) is 0 Å². The molecule has 0 radical (unpaired) electrons. The smallest absolute Gasteiger partial charge is 0.321 e. The van der Waals surface area contributed by atoms with E-state index in [0.717, 1.165) is 64.3 Å². The summed E-state index contributed by atoms with van der Waals surface area (Å²) in [6.45, 7) is 12.0. The molecule has 2 heterocycles. The summed E-state index contributed by atoms with van der Waals surface area (Å²) < 4.78 is 30.9. The number of aryl methyl sites for hydroxylation is 2. The van der Waals surface area contributed by atoms with Gasteiger partial charge in [-0.25, -0.2) is 8.78 Å². The molecule has 2 fully saturated rings. The van der Waals surface area contributed by atoms with Gasteiger partial charge in [0.05, 0.1) is 5.69 Å². The molecule has 0 amide bonds. The molecule has 1 aliphatic heterocycles. The SMILES string of the molecule is CCc1nn(CC)c2c1CCC21CCN(C[C@H]2C[C@H](N(C)[C@@H](C(=O)O)C(C)C)C[C@@H]2c2cc(F)cc(F)c2)CC1.Cl.Cl.Cl. The predicted molar refractivity (Wildman–Crippen MR) is 174 cm³/mol. The second-order valence-electron chi connectivity index (χ2n) is 12.9. The highest BCUT2D eigenvalue weighted by Crippen LogP contribution is 2.49. The maximum atomic E-state index is 14.3. The third kappa shape index (κ3) is 7.35. The van der Waals surface area contributed by atoms with E-state index in [-0.39, 0.29) is 66.4 Å². The van der Waals surface area contributed by atoms with Gasteiger partial charge >= 0.3 is 5.97 Å². The van der Waals surface area contributed by atoms with Crippen LogP contribution in [0.3, 0.4) is 0 Å². The molecule has 3 aliphatic rings. The Morgan fingerprint density at radius 3 is 2.23 bits per heavy atom. The van der Waals surface area contributed by atoms with E-state index in [1.165, 1.54) is 35.5 Å². The van der Waals surface area contributed by atoms with Gasteiger partial charge in [-0.2, -0.15) is 5.10 Å². The van der Waals surface area contributed by atoms with E-state index >= 15 is 0 Å². The van der Waals surface area contributed by atoms with E-state index in [1.807, 2.05) is 25.8 Å². The lowest BCUT2D eigenvalue weighted by molar-refractivity contribution is -0.145. The molecular weight excluding hydrogens is 617 g/mol. The Balaban J connectivity index is 0.00000215. The number of aliphatic carboxylic acids is 1. The lowest BCUT2D eigenvalue weighted by Gasteiger charge is -2.41. The lowest BCUT2D eigenvalue weighted by Crippen LogP contribution is -2.47. The Morgan fingerprint density at radius 1 is 1.07 bits per heavy atom. The number of likely N-dealkylation sites (N-methyl/N-ethyl adjacent to an activating group) is 1. The topological polar surface area (TPSA) is 61.6 Å². The maximum Gasteiger partial charge on any atom is 0.321 e. The number of hydrogen-bond donors (Lipinski definition) is 1. The first kappa shape index (κ1) is 37.7. The zero-order chi connectivity index (χ0) is 28.8. The van der Waals surface area contributed by atoms with Crippen LogP contribution in [0, 0.1) is 23.5 Å². The van der Waals surface area contributed by atoms with Crippen LogP contribution in [0.2, 0.25) is 0 Å². The standard InChI is InChI=1S/C32H46F2N4O2.3ClH/c1-6-28-26-8-9-32(30(26)38(7-2)35-28)10-12-37(13-11-32)19-22-16-25(36(5)29(20(3)4)31(39)40)18-27(22)21-14-23(33)17-24(34)15-21;;;/h14-15,17,20,22,25,27,29H,6-13,16,18-19H2,1-5H3,(H,39,40);3*1H/t22-,25+,27-,29-;;;/m1.../s1. The minimum atomic E-state index is -0.816. The molecule has 6 nitrogen and oxygen atoms in total. The number of carbonyl (C=O) groups is 1. The number of fused-ring (bicyclic) bond motifs is 2. The van der Waals surface area contributed by atoms with Crippen molar-refractivity contribution in [2.24, 2.45) is 11.8 Å². The van der Waals surface area contributed by atoms with Gasteiger partial charge in [0.15, 0.2) is 0 Å². The Hall–Kier alpha value is -1.45. The van der Waals surface area contributed by atoms with Crippen molar-refractivity contribution in [1.29, 1.82) is 0 Å². The fourth-order valence-electron chi connectivity index (χ4n) is 8.37. The van der Waals surface area contributed by atoms with Gasteiger partial charge in [0.2, 0.25) is 0 Å². The van der Waals surface area contributed by atoms with Crippen LogP contribution in [-0.2, 0) is 29.6 Å². The Morgan fingerprint density at radius 2 is 1.70 bits per heavy atom. The third-order valence-corrected chi connectivity index (χ3v) is 10.3. The first-order valence-electron chi connectivity index (χ1n) is 15.3. The molecule has 5 rings (SSSR count). The van der Waals surface area contributed by atoms with E-state index in [2.05, 4.69) is 23.4 Å². The molecule has 244 valence electrons. The van der Waals surface area contributed by atoms with Gasteiger partial charge in [-0.05, 0) is 113 Å². The number of rotatable bonds is 9. The van der Waals surface area contributed by atoms with Crippen LogP contribution in [0.25, 0.3) is 0 Å². The van der Waals surface area contributed by atoms with E-state index in [4.69, 9.17) is 5.10 Å². The quantitative estimate of drug-likeness (QED) is 0.316. The maximum absolute atomic E-state index is 14.3. The molecule has 43 heavy (non-hydrogen) atoms. The zero-order valence-corrected chi connectivity index (χ0v) is 28.5. The van der Waals surface area contributed by atoms with Crippen LogP contribution in [0.15, 0.2) is 18.2 Å². The van der Waals surface area contributed by atoms with Gasteiger partial charge in [0.25, 0.3) is 0 Å². The number of carboxylic acids is 1. The van der Waals surface area contributed by atoms with Gasteiger partial charge in [-0.1, -0.05) is 20.8 Å². The predicted octanol–water partition coefficient (Wildman–Crippen LogP) is 6.89. The third-order valence-electron chi connectivity index (χ3n) is 10.3. The molecule has 4 atom stereocenters. The fourth-order valence-corrected chi connectivity index (χ4v) is 8.37. The molecule has 0 unspecified atom stereocenters. The average molecular weight is 666 g/mol. The summed E-state index contributed by atoms with van der Waals surface area (Å²) in [6.07, 6.45) is 7.06. The minimum Gasteiger partial charge on any atom is -0.480 e. The fraction of sp³-hybridized carbons (Fsp3) is 0.688. The van der Waals surface area contributed by atoms with Crippen molar-refractivity contribution in [2.45, 2.75) is 103 Å². The van der Waals surface area contributed by atoms with Crippen LogP contribution < -0.4 is 0 Å². The summed E-state index contributed by atoms with van der Waals surface area (Å²) in [7, 11) is 1.90. The van der Waals surface area contributed by atoms with Crippen LogP contribution in [0.5, 0.6) is 0 Å². The molecule has 1 saturated carbocycles. The highest BCUT2D eigenvalue weighted by Gasteiger charge is 2.47. The van der Waals surface area contributed by atoms with Crippen molar-refractivity contribution in [3.63, 3.8) is 0 Å². The first-order valence-corrected chi connectivity index (χ1v) is 15.3. The molecular formula is C32H49Cl3F2N4O2. The highest BCUT2D eigenvalue weighted by molar-refractivity contribution is 5.86. The van der Waals surface area contributed by atoms with Crippen molar-refractivity contribution < 1.29 is 18.7 Å². The van der Waals surface area contributed by atoms with Gasteiger partial charge < -0.3 is 10.0 Å². The first-order chi connectivity index (χ1) is 19.1. The van der Waals surface area contributed by atoms with Gasteiger partial charge in [0.1, 0.15) is 17.7 Å². The molecule has 1 aromatic heterocycles. The molecule has 11 heteroatoms. The second-order valence-corrected chi connectivity index (χ2v) is 12.9. The van der Waals surface area contributed by atoms with Crippen LogP contribution >= 0.6 is 37.2 Å². The lowest BCUT2D eigenvalue weighted by atomic mass is 9.75. The van der Waals surface area contributed by atoms with Crippen molar-refractivity contribution in [3.8, 4) is 0 Å². The summed E-state index contributed by atoms with van der Waals surface area (Å²) in [4.78, 5) is 16.6. The van der Waals surface area contributed by atoms with Crippen LogP contribution in [0.4, 0.5) is 8.78 Å². The summed E-state index contributed by atoms with van der Waals surface area (Å²) in [5.41, 5.74) is 5.14. The van der Waals surface area contributed by atoms with Gasteiger partial charge in [0, 0.05) is 36.3 Å². The minimum absolute atomic E-state index is 0. The van der Waals surface area contributed by atoms with Crippen LogP contribution in [0.1, 0.15) is 88.2 Å². The molecule has 1 saturated heterocycles. The number of nitrogens with zero attached hydrogens (tertiary/aromatic N) is 4. The molecule has 0 bridgehead atoms. The largest absolute Gasteiger partial charge is 0.480 e. The van der Waals surface area contributed by atoms with Crippen molar-refractivity contribution in [1.82, 2.24) is 19.6 Å². The second kappa shape index (κ2) is 15.2. The van der Waals surface area contributed by atoms with E-state index < -0.39 is 23.6 Å². The van der Waals surface area contributed by atoms with Crippen molar-refractivity contribution in [3.05, 3.63) is 52.3 Å². The van der Waals surface area contributed by atoms with E-state index in [0.29, 0.717) is 12.0 Å². The Bertz CT molecular complexity index is 1220. The summed E-state index contributed by atoms with van der Waals surface area (Å²) in [5.74, 6) is -1.76. The van der Waals surface area contributed by atoms with Gasteiger partial charge in [-0.15, -0.1) is 37.2 Å². The Labute approximate surface area is 274 Å². The summed E-state index contributed by atoms with van der Waals surface area (Å²) >= 11 is 0. The number of piperidine rings is 1. The number of likely N-dealkylation sites (tertiary alicyclic amines) is 1. The molecule has 1 aromatic carbocycles. The number of hydrogen-bond acceptors (Lipinski definition) is 4. The van der Waals surface area contributed by atoms with Crippen LogP contribution in [-0.4, -0.2) is 69.4 Å². The average Bonchev–Trinajstić information content (AvgIpc) is 3.58. The highest BCUT2D eigenvalue weighted by atomic mass is 35.5. The number of carboxylic acid groups (broad SMARTS) is 1. The summed E-state index contributed by atoms with van der Waals surface area (Å²) in [6, 6.07) is 3.34. The molecule has 2 aromatic rings. The number of benzene rings is 1. The number of aromatic nitrogens is 2. The monoisotopic (exact) mass is 664 g/mol.